The van der Waals surface area contributed by atoms with Crippen LogP contribution in [0.3, 0.4) is 0 Å². The molecule has 0 aromatic carbocycles. The average Bonchev–Trinajstić information content (AvgIpc) is 2.04. The Kier molecular flexibility index (Phi) is 3.90. The molecule has 5 N–H and O–H groups in total. The molecule has 5 nitrogen and oxygen atoms in total. The highest BCUT2D eigenvalue weighted by molar-refractivity contribution is 5.85. The molecule has 13 heavy (non-hydrogen) atoms. The molecule has 1 rings (SSSR count). The number of carbonyl (C=O) groups excluding carboxylic acids is 1. The van der Waals surface area contributed by atoms with Crippen LogP contribution in [0.15, 0.2) is 17.4 Å². The summed E-state index contributed by atoms with van der Waals surface area (Å²) in [6, 6.07) is 0. The largest absolute Gasteiger partial charge is 0.369 e. The lowest BCUT2D eigenvalue weighted by Crippen LogP contribution is -2.61. The smallest absolute Gasteiger partial charge is 0.224 e. The molecule has 0 spiro atoms. The van der Waals surface area contributed by atoms with Gasteiger partial charge in [0.15, 0.2) is 0 Å². The van der Waals surface area contributed by atoms with Gasteiger partial charge in [0.1, 0.15) is 5.66 Å². The molecule has 1 aliphatic heterocycles. The van der Waals surface area contributed by atoms with Crippen molar-refractivity contribution in [1.82, 2.24) is 5.32 Å². The van der Waals surface area contributed by atoms with Gasteiger partial charge >= 0.3 is 0 Å². The van der Waals surface area contributed by atoms with Crippen LogP contribution in [0.5, 0.6) is 0 Å². The summed E-state index contributed by atoms with van der Waals surface area (Å²) in [5, 5.41) is 2.82. The second kappa shape index (κ2) is 4.25. The standard InChI is InChI=1S/C7H12N4O.ClH/c1-5(6(8)12)7(9)4-10-2-3-11-7;/h2-5,11H,9H2,1H3,(H2,8,12);1H. The van der Waals surface area contributed by atoms with E-state index in [4.69, 9.17) is 11.5 Å². The number of aliphatic imine (C=N–C) groups is 1. The third kappa shape index (κ3) is 2.43. The van der Waals surface area contributed by atoms with Gasteiger partial charge in [0.25, 0.3) is 0 Å². The number of hydrogen-bond acceptors (Lipinski definition) is 4. The van der Waals surface area contributed by atoms with Gasteiger partial charge in [-0.2, -0.15) is 0 Å². The van der Waals surface area contributed by atoms with Gasteiger partial charge in [-0.15, -0.1) is 12.4 Å². The molecule has 6 heteroatoms. The fraction of sp³-hybridized carbons (Fsp3) is 0.429. The van der Waals surface area contributed by atoms with Crippen LogP contribution in [0, 0.1) is 5.92 Å². The lowest BCUT2D eigenvalue weighted by atomic mass is 9.95. The summed E-state index contributed by atoms with van der Waals surface area (Å²) in [6.45, 7) is 1.65. The van der Waals surface area contributed by atoms with E-state index >= 15 is 0 Å². The van der Waals surface area contributed by atoms with Crippen LogP contribution < -0.4 is 16.8 Å². The summed E-state index contributed by atoms with van der Waals surface area (Å²) in [4.78, 5) is 14.7. The number of rotatable bonds is 2. The Balaban J connectivity index is 0.00000144. The van der Waals surface area contributed by atoms with E-state index in [0.29, 0.717) is 0 Å². The van der Waals surface area contributed by atoms with E-state index in [0.717, 1.165) is 0 Å². The maximum atomic E-state index is 10.8. The second-order valence-corrected chi connectivity index (χ2v) is 2.80. The Labute approximate surface area is 82.7 Å². The van der Waals surface area contributed by atoms with Gasteiger partial charge in [-0.25, -0.2) is 0 Å². The zero-order valence-electron chi connectivity index (χ0n) is 7.23. The van der Waals surface area contributed by atoms with Crippen molar-refractivity contribution in [1.29, 1.82) is 0 Å². The summed E-state index contributed by atoms with van der Waals surface area (Å²) < 4.78 is 0. The highest BCUT2D eigenvalue weighted by Gasteiger charge is 2.33. The molecule has 1 heterocycles. The molecule has 0 saturated carbocycles. The van der Waals surface area contributed by atoms with Crippen molar-refractivity contribution >= 4 is 24.5 Å². The van der Waals surface area contributed by atoms with E-state index in [-0.39, 0.29) is 12.4 Å². The minimum atomic E-state index is -0.944. The van der Waals surface area contributed by atoms with Gasteiger partial charge < -0.3 is 16.8 Å². The number of hydrogen-bond donors (Lipinski definition) is 3. The molecule has 2 unspecified atom stereocenters. The van der Waals surface area contributed by atoms with Crippen molar-refractivity contribution in [2.45, 2.75) is 12.6 Å². The topological polar surface area (TPSA) is 93.5 Å². The lowest BCUT2D eigenvalue weighted by Gasteiger charge is -2.31. The summed E-state index contributed by atoms with van der Waals surface area (Å²) in [7, 11) is 0. The monoisotopic (exact) mass is 204 g/mol. The van der Waals surface area contributed by atoms with Gasteiger partial charge in [-0.3, -0.25) is 9.79 Å². The van der Waals surface area contributed by atoms with Crippen molar-refractivity contribution in [3.63, 3.8) is 0 Å². The van der Waals surface area contributed by atoms with Gasteiger partial charge in [-0.1, -0.05) is 0 Å². The molecular weight excluding hydrogens is 192 g/mol. The first-order valence-electron chi connectivity index (χ1n) is 3.61. The van der Waals surface area contributed by atoms with E-state index in [1.807, 2.05) is 0 Å². The van der Waals surface area contributed by atoms with E-state index < -0.39 is 17.5 Å². The number of carbonyl (C=O) groups is 1. The molecule has 2 atom stereocenters. The Morgan fingerprint density at radius 3 is 2.69 bits per heavy atom. The fourth-order valence-corrected chi connectivity index (χ4v) is 0.900. The van der Waals surface area contributed by atoms with Gasteiger partial charge in [0, 0.05) is 18.6 Å². The van der Waals surface area contributed by atoms with Crippen molar-refractivity contribution < 1.29 is 4.79 Å². The molecular formula is C7H13ClN4O. The third-order valence-corrected chi connectivity index (χ3v) is 1.93. The second-order valence-electron chi connectivity index (χ2n) is 2.80. The predicted octanol–water partition coefficient (Wildman–Crippen LogP) is -0.670. The molecule has 1 amide bonds. The van der Waals surface area contributed by atoms with Crippen LogP contribution in [0.2, 0.25) is 0 Å². The molecule has 0 bridgehead atoms. The van der Waals surface area contributed by atoms with Crippen molar-refractivity contribution in [2.75, 3.05) is 0 Å². The quantitative estimate of drug-likeness (QED) is 0.557. The molecule has 0 aromatic rings. The van der Waals surface area contributed by atoms with Crippen molar-refractivity contribution in [3.05, 3.63) is 12.4 Å². The first-order valence-corrected chi connectivity index (χ1v) is 3.61. The molecule has 0 saturated heterocycles. The van der Waals surface area contributed by atoms with Crippen LogP contribution in [-0.4, -0.2) is 17.8 Å². The van der Waals surface area contributed by atoms with Crippen LogP contribution in [0.1, 0.15) is 6.92 Å². The number of nitrogens with one attached hydrogen (secondary N) is 1. The Morgan fingerprint density at radius 2 is 2.31 bits per heavy atom. The van der Waals surface area contributed by atoms with Crippen molar-refractivity contribution in [2.24, 2.45) is 22.4 Å². The van der Waals surface area contributed by atoms with Gasteiger partial charge in [0.05, 0.1) is 5.92 Å². The Bertz CT molecular complexity index is 253. The summed E-state index contributed by atoms with van der Waals surface area (Å²) in [6.07, 6.45) is 4.61. The highest BCUT2D eigenvalue weighted by Crippen LogP contribution is 2.10. The number of halogens is 1. The fourth-order valence-electron chi connectivity index (χ4n) is 0.900. The van der Waals surface area contributed by atoms with Crippen LogP contribution in [0.4, 0.5) is 0 Å². The predicted molar refractivity (Wildman–Crippen MR) is 53.3 cm³/mol. The van der Waals surface area contributed by atoms with Crippen molar-refractivity contribution in [3.8, 4) is 0 Å². The minimum absolute atomic E-state index is 0. The maximum Gasteiger partial charge on any atom is 0.224 e. The van der Waals surface area contributed by atoms with Crippen LogP contribution >= 0.6 is 12.4 Å². The number of primary amides is 1. The summed E-state index contributed by atoms with van der Waals surface area (Å²) in [5.74, 6) is -0.946. The Morgan fingerprint density at radius 1 is 1.69 bits per heavy atom. The zero-order valence-corrected chi connectivity index (χ0v) is 8.04. The van der Waals surface area contributed by atoms with Gasteiger partial charge in [-0.05, 0) is 6.92 Å². The molecule has 1 aliphatic rings. The SMILES string of the molecule is CC(C(N)=O)C1(N)C=NC=CN1.Cl. The summed E-state index contributed by atoms with van der Waals surface area (Å²) >= 11 is 0. The van der Waals surface area contributed by atoms with E-state index in [1.54, 1.807) is 19.3 Å². The van der Waals surface area contributed by atoms with E-state index in [2.05, 4.69) is 10.3 Å². The number of nitrogens with zero attached hydrogens (tertiary/aromatic N) is 1. The molecule has 0 radical (unpaired) electrons. The number of amides is 1. The minimum Gasteiger partial charge on any atom is -0.369 e. The Hall–Kier alpha value is -1.07. The van der Waals surface area contributed by atoms with Crippen LogP contribution in [0.25, 0.3) is 0 Å². The van der Waals surface area contributed by atoms with E-state index in [1.165, 1.54) is 6.21 Å². The normalized spacial score (nSPS) is 27.2. The first-order chi connectivity index (χ1) is 5.56. The third-order valence-electron chi connectivity index (χ3n) is 1.93. The van der Waals surface area contributed by atoms with Crippen LogP contribution in [-0.2, 0) is 4.79 Å². The van der Waals surface area contributed by atoms with Gasteiger partial charge in [0.2, 0.25) is 5.91 Å². The first kappa shape index (κ1) is 11.9. The molecule has 0 aromatic heterocycles. The molecule has 0 fully saturated rings. The molecule has 74 valence electrons. The van der Waals surface area contributed by atoms with E-state index in [9.17, 15) is 4.79 Å². The zero-order chi connectivity index (χ0) is 9.19. The highest BCUT2D eigenvalue weighted by atomic mass is 35.5. The molecule has 0 aliphatic carbocycles. The number of nitrogens with two attached hydrogens (primary N) is 2. The average molecular weight is 205 g/mol. The lowest BCUT2D eigenvalue weighted by molar-refractivity contribution is -0.122. The maximum absolute atomic E-state index is 10.8. The summed E-state index contributed by atoms with van der Waals surface area (Å²) in [5.41, 5.74) is 9.95.